The zero-order chi connectivity index (χ0) is 12.1. The zero-order valence-electron chi connectivity index (χ0n) is 8.70. The van der Waals surface area contributed by atoms with Gasteiger partial charge in [0.1, 0.15) is 6.54 Å². The van der Waals surface area contributed by atoms with E-state index in [0.717, 1.165) is 8.04 Å². The maximum atomic E-state index is 12.1. The number of halogens is 2. The van der Waals surface area contributed by atoms with Crippen molar-refractivity contribution in [2.24, 2.45) is 0 Å². The van der Waals surface area contributed by atoms with Crippen molar-refractivity contribution in [1.82, 2.24) is 4.90 Å². The van der Waals surface area contributed by atoms with Crippen LogP contribution in [0, 0.1) is 14.9 Å². The van der Waals surface area contributed by atoms with Crippen molar-refractivity contribution in [3.63, 3.8) is 0 Å². The summed E-state index contributed by atoms with van der Waals surface area (Å²) in [5.74, 6) is -0.116. The van der Waals surface area contributed by atoms with Crippen molar-refractivity contribution in [3.05, 3.63) is 31.8 Å². The molecule has 0 fully saturated rings. The lowest BCUT2D eigenvalue weighted by Gasteiger charge is -2.18. The van der Waals surface area contributed by atoms with Crippen LogP contribution in [0.4, 0.5) is 0 Å². The highest BCUT2D eigenvalue weighted by Crippen LogP contribution is 2.21. The summed E-state index contributed by atoms with van der Waals surface area (Å²) in [5.41, 5.74) is 0.601. The van der Waals surface area contributed by atoms with E-state index in [1.165, 1.54) is 4.90 Å². The van der Waals surface area contributed by atoms with Crippen LogP contribution < -0.4 is 0 Å². The lowest BCUT2D eigenvalue weighted by Crippen LogP contribution is -2.31. The molecule has 0 aromatic heterocycles. The highest BCUT2D eigenvalue weighted by molar-refractivity contribution is 14.1. The fourth-order valence-electron chi connectivity index (χ4n) is 1.24. The van der Waals surface area contributed by atoms with Gasteiger partial charge in [-0.25, -0.2) is 0 Å². The van der Waals surface area contributed by atoms with Gasteiger partial charge in [-0.1, -0.05) is 0 Å². The van der Waals surface area contributed by atoms with Gasteiger partial charge in [-0.2, -0.15) is 5.26 Å². The fraction of sp³-hybridized carbons (Fsp3) is 0.273. The van der Waals surface area contributed by atoms with E-state index in [4.69, 9.17) is 5.26 Å². The Morgan fingerprint density at radius 1 is 1.62 bits per heavy atom. The molecule has 0 heterocycles. The molecule has 0 saturated carbocycles. The molecular weight excluding hydrogens is 383 g/mol. The van der Waals surface area contributed by atoms with Gasteiger partial charge in [0.05, 0.1) is 11.6 Å². The van der Waals surface area contributed by atoms with Crippen molar-refractivity contribution >= 4 is 44.4 Å². The van der Waals surface area contributed by atoms with Gasteiger partial charge in [-0.15, -0.1) is 0 Å². The molecule has 0 bridgehead atoms. The van der Waals surface area contributed by atoms with Gasteiger partial charge in [0.2, 0.25) is 0 Å². The van der Waals surface area contributed by atoms with Crippen LogP contribution >= 0.6 is 38.5 Å². The quantitative estimate of drug-likeness (QED) is 0.586. The lowest BCUT2D eigenvalue weighted by atomic mass is 10.2. The largest absolute Gasteiger partial charge is 0.326 e. The van der Waals surface area contributed by atoms with Crippen molar-refractivity contribution in [2.75, 3.05) is 13.1 Å². The molecule has 0 N–H and O–H groups in total. The van der Waals surface area contributed by atoms with Crippen LogP contribution in [0.15, 0.2) is 22.7 Å². The number of carbonyl (C=O) groups is 1. The fourth-order valence-corrected chi connectivity index (χ4v) is 2.15. The van der Waals surface area contributed by atoms with Crippen molar-refractivity contribution < 1.29 is 4.79 Å². The molecule has 0 radical (unpaired) electrons. The number of benzene rings is 1. The van der Waals surface area contributed by atoms with E-state index in [-0.39, 0.29) is 12.5 Å². The minimum Gasteiger partial charge on any atom is -0.326 e. The van der Waals surface area contributed by atoms with E-state index in [9.17, 15) is 4.79 Å². The first kappa shape index (κ1) is 13.5. The molecule has 0 aliphatic heterocycles. The molecule has 0 atom stereocenters. The summed E-state index contributed by atoms with van der Waals surface area (Å²) in [4.78, 5) is 13.6. The van der Waals surface area contributed by atoms with Crippen molar-refractivity contribution in [3.8, 4) is 6.07 Å². The van der Waals surface area contributed by atoms with Crippen LogP contribution in [0.1, 0.15) is 17.3 Å². The van der Waals surface area contributed by atoms with Gasteiger partial charge in [-0.3, -0.25) is 4.79 Å². The standard InChI is InChI=1S/C11H10BrIN2O/c1-2-15(6-5-14)11(16)9-7-8(13)3-4-10(9)12/h3-4,7H,2,6H2,1H3. The predicted molar refractivity (Wildman–Crippen MR) is 74.0 cm³/mol. The average molecular weight is 393 g/mol. The minimum atomic E-state index is -0.116. The summed E-state index contributed by atoms with van der Waals surface area (Å²) in [5, 5.41) is 8.63. The van der Waals surface area contributed by atoms with Crippen molar-refractivity contribution in [2.45, 2.75) is 6.92 Å². The first-order valence-electron chi connectivity index (χ1n) is 4.71. The summed E-state index contributed by atoms with van der Waals surface area (Å²) in [6, 6.07) is 7.57. The topological polar surface area (TPSA) is 44.1 Å². The summed E-state index contributed by atoms with van der Waals surface area (Å²) in [6.07, 6.45) is 0. The lowest BCUT2D eigenvalue weighted by molar-refractivity contribution is 0.0783. The van der Waals surface area contributed by atoms with E-state index >= 15 is 0 Å². The number of carbonyl (C=O) groups excluding carboxylic acids is 1. The SMILES string of the molecule is CCN(CC#N)C(=O)c1cc(I)ccc1Br. The molecule has 1 amide bonds. The molecule has 3 nitrogen and oxygen atoms in total. The van der Waals surface area contributed by atoms with Gasteiger partial charge < -0.3 is 4.90 Å². The predicted octanol–water partition coefficient (Wildman–Crippen LogP) is 3.04. The zero-order valence-corrected chi connectivity index (χ0v) is 12.4. The maximum Gasteiger partial charge on any atom is 0.255 e. The van der Waals surface area contributed by atoms with E-state index in [0.29, 0.717) is 12.1 Å². The number of nitrogens with zero attached hydrogens (tertiary/aromatic N) is 2. The number of amides is 1. The molecule has 5 heteroatoms. The van der Waals surface area contributed by atoms with E-state index in [1.54, 1.807) is 0 Å². The van der Waals surface area contributed by atoms with Crippen LogP contribution in [-0.4, -0.2) is 23.9 Å². The Labute approximate surface area is 117 Å². The Morgan fingerprint density at radius 2 is 2.31 bits per heavy atom. The monoisotopic (exact) mass is 392 g/mol. The molecule has 1 aromatic carbocycles. The first-order valence-corrected chi connectivity index (χ1v) is 6.58. The van der Waals surface area contributed by atoms with E-state index < -0.39 is 0 Å². The second-order valence-corrected chi connectivity index (χ2v) is 5.20. The van der Waals surface area contributed by atoms with Crippen LogP contribution in [0.25, 0.3) is 0 Å². The summed E-state index contributed by atoms with van der Waals surface area (Å²) < 4.78 is 1.76. The number of hydrogen-bond donors (Lipinski definition) is 0. The molecule has 1 aromatic rings. The highest BCUT2D eigenvalue weighted by atomic mass is 127. The smallest absolute Gasteiger partial charge is 0.255 e. The van der Waals surface area contributed by atoms with Crippen molar-refractivity contribution in [1.29, 1.82) is 5.26 Å². The third kappa shape index (κ3) is 3.19. The Bertz CT molecular complexity index is 442. The Balaban J connectivity index is 3.03. The molecule has 0 unspecified atom stereocenters. The molecule has 0 aliphatic rings. The summed E-state index contributed by atoms with van der Waals surface area (Å²) >= 11 is 5.50. The van der Waals surface area contributed by atoms with Gasteiger partial charge >= 0.3 is 0 Å². The van der Waals surface area contributed by atoms with Crippen LogP contribution in [0.3, 0.4) is 0 Å². The Hall–Kier alpha value is -0.610. The molecule has 16 heavy (non-hydrogen) atoms. The summed E-state index contributed by atoms with van der Waals surface area (Å²) in [7, 11) is 0. The molecule has 0 spiro atoms. The van der Waals surface area contributed by atoms with Gasteiger partial charge in [-0.05, 0) is 63.6 Å². The minimum absolute atomic E-state index is 0.116. The second kappa shape index (κ2) is 6.21. The number of hydrogen-bond acceptors (Lipinski definition) is 2. The third-order valence-electron chi connectivity index (χ3n) is 2.09. The van der Waals surface area contributed by atoms with Crippen LogP contribution in [0.2, 0.25) is 0 Å². The van der Waals surface area contributed by atoms with Gasteiger partial charge in [0.15, 0.2) is 0 Å². The molecule has 1 rings (SSSR count). The van der Waals surface area contributed by atoms with Gasteiger partial charge in [0, 0.05) is 14.6 Å². The first-order chi connectivity index (χ1) is 7.60. The molecule has 84 valence electrons. The van der Waals surface area contributed by atoms with Crippen LogP contribution in [0.5, 0.6) is 0 Å². The second-order valence-electron chi connectivity index (χ2n) is 3.10. The van der Waals surface area contributed by atoms with E-state index in [2.05, 4.69) is 38.5 Å². The maximum absolute atomic E-state index is 12.1. The summed E-state index contributed by atoms with van der Waals surface area (Å²) in [6.45, 7) is 2.51. The van der Waals surface area contributed by atoms with Crippen LogP contribution in [-0.2, 0) is 0 Å². The Kier molecular flexibility index (Phi) is 5.22. The Morgan fingerprint density at radius 3 is 2.88 bits per heavy atom. The average Bonchev–Trinajstić information content (AvgIpc) is 2.28. The van der Waals surface area contributed by atoms with Gasteiger partial charge in [0.25, 0.3) is 5.91 Å². The third-order valence-corrected chi connectivity index (χ3v) is 3.45. The molecular formula is C11H10BrIN2O. The highest BCUT2D eigenvalue weighted by Gasteiger charge is 2.16. The van der Waals surface area contributed by atoms with E-state index in [1.807, 2.05) is 31.2 Å². The number of rotatable bonds is 3. The number of nitriles is 1. The normalized spacial score (nSPS) is 9.62. The molecule has 0 saturated heterocycles. The molecule has 0 aliphatic carbocycles.